The fourth-order valence-electron chi connectivity index (χ4n) is 7.93. The molecule has 0 bridgehead atoms. The van der Waals surface area contributed by atoms with E-state index in [9.17, 15) is 14.7 Å². The number of hydrogen-bond acceptors (Lipinski definition) is 2. The molecule has 1 heterocycles. The van der Waals surface area contributed by atoms with Crippen molar-refractivity contribution >= 4 is 11.9 Å². The van der Waals surface area contributed by atoms with Gasteiger partial charge >= 0.3 is 5.97 Å². The summed E-state index contributed by atoms with van der Waals surface area (Å²) in [5.74, 6) is 1.02. The second kappa shape index (κ2) is 6.85. The summed E-state index contributed by atoms with van der Waals surface area (Å²) in [5.41, 5.74) is 2.03. The molecule has 4 nitrogen and oxygen atoms in total. The zero-order valence-electron chi connectivity index (χ0n) is 19.0. The number of nitrogens with zero attached hydrogens (tertiary/aromatic N) is 1. The Bertz CT molecular complexity index is 755. The molecule has 4 aliphatic rings. The first-order valence-corrected chi connectivity index (χ1v) is 11.8. The monoisotopic (exact) mass is 401 g/mol. The summed E-state index contributed by atoms with van der Waals surface area (Å²) in [5, 5.41) is 10.1. The van der Waals surface area contributed by atoms with Crippen LogP contribution in [0.3, 0.4) is 0 Å². The van der Waals surface area contributed by atoms with Gasteiger partial charge in [0.15, 0.2) is 0 Å². The Morgan fingerprint density at radius 1 is 1.14 bits per heavy atom. The number of aliphatic carboxylic acids is 1. The van der Waals surface area contributed by atoms with E-state index in [0.29, 0.717) is 11.8 Å². The molecule has 0 saturated heterocycles. The van der Waals surface area contributed by atoms with Gasteiger partial charge in [-0.25, -0.2) is 0 Å². The van der Waals surface area contributed by atoms with E-state index in [-0.39, 0.29) is 22.7 Å². The molecule has 1 amide bonds. The number of carboxylic acids is 1. The molecule has 1 N–H and O–H groups in total. The number of rotatable bonds is 4. The van der Waals surface area contributed by atoms with Gasteiger partial charge in [0, 0.05) is 18.7 Å². The highest BCUT2D eigenvalue weighted by molar-refractivity contribution is 5.97. The maximum Gasteiger partial charge on any atom is 0.309 e. The molecule has 4 heteroatoms. The van der Waals surface area contributed by atoms with Gasteiger partial charge in [0.2, 0.25) is 5.91 Å². The van der Waals surface area contributed by atoms with E-state index in [2.05, 4.69) is 32.6 Å². The minimum atomic E-state index is -0.608. The Balaban J connectivity index is 1.65. The van der Waals surface area contributed by atoms with Crippen molar-refractivity contribution in [3.8, 4) is 0 Å². The van der Waals surface area contributed by atoms with Crippen molar-refractivity contribution in [3.05, 3.63) is 11.1 Å². The molecule has 2 fully saturated rings. The Kier molecular flexibility index (Phi) is 4.94. The molecular weight excluding hydrogens is 362 g/mol. The Morgan fingerprint density at radius 3 is 2.52 bits per heavy atom. The van der Waals surface area contributed by atoms with E-state index in [1.807, 2.05) is 6.92 Å². The third-order valence-electron chi connectivity index (χ3n) is 9.59. The first kappa shape index (κ1) is 20.9. The van der Waals surface area contributed by atoms with E-state index in [1.165, 1.54) is 5.57 Å². The van der Waals surface area contributed by atoms with Crippen molar-refractivity contribution in [1.82, 2.24) is 4.90 Å². The van der Waals surface area contributed by atoms with Crippen LogP contribution in [-0.4, -0.2) is 35.0 Å². The highest BCUT2D eigenvalue weighted by atomic mass is 16.4. The summed E-state index contributed by atoms with van der Waals surface area (Å²) >= 11 is 0. The predicted octanol–water partition coefficient (Wildman–Crippen LogP) is 5.28. The predicted molar refractivity (Wildman–Crippen MR) is 114 cm³/mol. The maximum atomic E-state index is 13.1. The van der Waals surface area contributed by atoms with Gasteiger partial charge in [-0.05, 0) is 86.0 Å². The van der Waals surface area contributed by atoms with Crippen LogP contribution in [0.4, 0.5) is 0 Å². The molecule has 0 aromatic rings. The van der Waals surface area contributed by atoms with Gasteiger partial charge in [0.25, 0.3) is 0 Å². The summed E-state index contributed by atoms with van der Waals surface area (Å²) in [7, 11) is 0. The molecule has 0 radical (unpaired) electrons. The molecule has 1 aliphatic heterocycles. The summed E-state index contributed by atoms with van der Waals surface area (Å²) in [6.07, 6.45) is 7.95. The van der Waals surface area contributed by atoms with E-state index >= 15 is 0 Å². The van der Waals surface area contributed by atoms with Crippen molar-refractivity contribution in [3.63, 3.8) is 0 Å². The molecule has 0 spiro atoms. The zero-order valence-corrected chi connectivity index (χ0v) is 19.0. The third kappa shape index (κ3) is 2.91. The Hall–Kier alpha value is -1.32. The van der Waals surface area contributed by atoms with Gasteiger partial charge in [0.1, 0.15) is 0 Å². The van der Waals surface area contributed by atoms with Crippen LogP contribution < -0.4 is 0 Å². The summed E-state index contributed by atoms with van der Waals surface area (Å²) in [6, 6.07) is 0. The van der Waals surface area contributed by atoms with Crippen LogP contribution in [0, 0.1) is 34.0 Å². The van der Waals surface area contributed by atoms with Gasteiger partial charge in [-0.15, -0.1) is 0 Å². The van der Waals surface area contributed by atoms with Crippen molar-refractivity contribution in [2.75, 3.05) is 13.1 Å². The summed E-state index contributed by atoms with van der Waals surface area (Å²) in [4.78, 5) is 27.5. The normalized spacial score (nSPS) is 42.0. The van der Waals surface area contributed by atoms with Crippen LogP contribution in [0.1, 0.15) is 86.0 Å². The average molecular weight is 402 g/mol. The van der Waals surface area contributed by atoms with Crippen LogP contribution in [0.15, 0.2) is 11.1 Å². The molecule has 2 saturated carbocycles. The van der Waals surface area contributed by atoms with Crippen molar-refractivity contribution in [2.45, 2.75) is 86.0 Å². The lowest BCUT2D eigenvalue weighted by Gasteiger charge is -2.63. The smallest absolute Gasteiger partial charge is 0.309 e. The number of carbonyl (C=O) groups is 2. The fourth-order valence-corrected chi connectivity index (χ4v) is 7.93. The molecule has 0 aromatic carbocycles. The number of carboxylic acid groups (broad SMARTS) is 1. The van der Waals surface area contributed by atoms with Crippen LogP contribution in [-0.2, 0) is 9.59 Å². The SMILES string of the molecule is CC(C)CCN1CC2=C(CCC3C2(C)CCC2C(C)(C(=O)O)CCCC23C)C1=O. The number of amides is 1. The molecule has 5 unspecified atom stereocenters. The molecule has 4 rings (SSSR count). The Labute approximate surface area is 176 Å². The molecule has 162 valence electrons. The van der Waals surface area contributed by atoms with Gasteiger partial charge < -0.3 is 10.0 Å². The van der Waals surface area contributed by atoms with Gasteiger partial charge in [-0.3, -0.25) is 9.59 Å². The maximum absolute atomic E-state index is 13.1. The van der Waals surface area contributed by atoms with Crippen LogP contribution in [0.5, 0.6) is 0 Å². The average Bonchev–Trinajstić information content (AvgIpc) is 2.96. The standard InChI is InChI=1S/C25H39NO3/c1-16(2)10-14-26-15-18-17(21(26)27)7-8-19-23(18,3)13-9-20-24(19,4)11-6-12-25(20,5)22(28)29/h16,19-20H,6-15H2,1-5H3,(H,28,29). The van der Waals surface area contributed by atoms with Crippen LogP contribution in [0.2, 0.25) is 0 Å². The minimum Gasteiger partial charge on any atom is -0.481 e. The first-order valence-electron chi connectivity index (χ1n) is 11.8. The molecule has 3 aliphatic carbocycles. The molecule has 0 aromatic heterocycles. The van der Waals surface area contributed by atoms with Crippen LogP contribution >= 0.6 is 0 Å². The van der Waals surface area contributed by atoms with Crippen molar-refractivity contribution in [1.29, 1.82) is 0 Å². The fraction of sp³-hybridized carbons (Fsp3) is 0.840. The molecular formula is C25H39NO3. The lowest BCUT2D eigenvalue weighted by atomic mass is 9.40. The summed E-state index contributed by atoms with van der Waals surface area (Å²) in [6.45, 7) is 12.9. The number of fused-ring (bicyclic) bond motifs is 4. The molecule has 5 atom stereocenters. The lowest BCUT2D eigenvalue weighted by Crippen LogP contribution is -2.58. The second-order valence-corrected chi connectivity index (χ2v) is 11.5. The van der Waals surface area contributed by atoms with Crippen molar-refractivity contribution < 1.29 is 14.7 Å². The van der Waals surface area contributed by atoms with E-state index in [0.717, 1.165) is 70.0 Å². The quantitative estimate of drug-likeness (QED) is 0.697. The van der Waals surface area contributed by atoms with E-state index < -0.39 is 11.4 Å². The van der Waals surface area contributed by atoms with Crippen molar-refractivity contribution in [2.24, 2.45) is 34.0 Å². The van der Waals surface area contributed by atoms with E-state index in [1.54, 1.807) is 0 Å². The van der Waals surface area contributed by atoms with Gasteiger partial charge in [-0.1, -0.05) is 34.1 Å². The van der Waals surface area contributed by atoms with Crippen LogP contribution in [0.25, 0.3) is 0 Å². The Morgan fingerprint density at radius 2 is 1.86 bits per heavy atom. The minimum absolute atomic E-state index is 0.0534. The first-order chi connectivity index (χ1) is 13.5. The highest BCUT2D eigenvalue weighted by Crippen LogP contribution is 2.68. The zero-order chi connectivity index (χ0) is 21.2. The summed E-state index contributed by atoms with van der Waals surface area (Å²) < 4.78 is 0. The highest BCUT2D eigenvalue weighted by Gasteiger charge is 2.63. The molecule has 29 heavy (non-hydrogen) atoms. The van der Waals surface area contributed by atoms with Gasteiger partial charge in [-0.2, -0.15) is 0 Å². The topological polar surface area (TPSA) is 57.6 Å². The largest absolute Gasteiger partial charge is 0.481 e. The third-order valence-corrected chi connectivity index (χ3v) is 9.59. The van der Waals surface area contributed by atoms with E-state index in [4.69, 9.17) is 0 Å². The number of hydrogen-bond donors (Lipinski definition) is 1. The number of carbonyl (C=O) groups excluding carboxylic acids is 1. The lowest BCUT2D eigenvalue weighted by molar-refractivity contribution is -0.175. The van der Waals surface area contributed by atoms with Gasteiger partial charge in [0.05, 0.1) is 5.41 Å². The second-order valence-electron chi connectivity index (χ2n) is 11.5.